The van der Waals surface area contributed by atoms with Crippen LogP contribution in [0.25, 0.3) is 22.0 Å². The van der Waals surface area contributed by atoms with Crippen molar-refractivity contribution in [2.24, 2.45) is 0 Å². The molecule has 7 nitrogen and oxygen atoms in total. The first kappa shape index (κ1) is 36.6. The van der Waals surface area contributed by atoms with Gasteiger partial charge in [0.15, 0.2) is 0 Å². The Morgan fingerprint density at radius 2 is 1.48 bits per heavy atom. The highest BCUT2D eigenvalue weighted by molar-refractivity contribution is 7.92. The van der Waals surface area contributed by atoms with Crippen LogP contribution in [0.2, 0.25) is 0 Å². The van der Waals surface area contributed by atoms with Crippen molar-refractivity contribution >= 4 is 32.6 Å². The Bertz CT molecular complexity index is 1820. The molecule has 0 aliphatic heterocycles. The van der Waals surface area contributed by atoms with Gasteiger partial charge in [0.1, 0.15) is 11.4 Å². The number of sulfonamides is 1. The van der Waals surface area contributed by atoms with Gasteiger partial charge in [0.25, 0.3) is 0 Å². The number of halogens is 1. The Morgan fingerprint density at radius 1 is 0.896 bits per heavy atom. The predicted octanol–water partition coefficient (Wildman–Crippen LogP) is 9.73. The molecule has 0 spiro atoms. The maximum absolute atomic E-state index is 15.2. The number of hydrogen-bond acceptors (Lipinski definition) is 4. The van der Waals surface area contributed by atoms with Crippen LogP contribution in [0.3, 0.4) is 0 Å². The molecule has 0 radical (unpaired) electrons. The van der Waals surface area contributed by atoms with Crippen LogP contribution in [0.1, 0.15) is 100 Å². The Morgan fingerprint density at radius 3 is 2.04 bits per heavy atom. The van der Waals surface area contributed by atoms with E-state index in [-0.39, 0.29) is 28.3 Å². The highest BCUT2D eigenvalue weighted by atomic mass is 32.2. The molecule has 1 aliphatic carbocycles. The van der Waals surface area contributed by atoms with Gasteiger partial charge >= 0.3 is 5.97 Å². The van der Waals surface area contributed by atoms with Crippen molar-refractivity contribution < 1.29 is 22.7 Å². The van der Waals surface area contributed by atoms with E-state index >= 15 is 4.39 Å². The van der Waals surface area contributed by atoms with Gasteiger partial charge in [-0.25, -0.2) is 17.6 Å². The van der Waals surface area contributed by atoms with E-state index in [2.05, 4.69) is 60.3 Å². The van der Waals surface area contributed by atoms with Crippen molar-refractivity contribution in [1.82, 2.24) is 4.57 Å². The van der Waals surface area contributed by atoms with Crippen LogP contribution in [0.4, 0.5) is 10.1 Å². The number of aromatic carboxylic acids is 1. The number of rotatable bonds is 20. The minimum atomic E-state index is -3.55. The summed E-state index contributed by atoms with van der Waals surface area (Å²) in [6.45, 7) is 2.22. The smallest absolute Gasteiger partial charge is 0.341 e. The summed E-state index contributed by atoms with van der Waals surface area (Å²) in [6.07, 6.45) is 30.3. The molecule has 1 saturated carbocycles. The van der Waals surface area contributed by atoms with Crippen LogP contribution in [0.5, 0.6) is 0 Å². The molecule has 1 aliphatic rings. The van der Waals surface area contributed by atoms with Crippen molar-refractivity contribution in [2.75, 3.05) is 10.5 Å². The van der Waals surface area contributed by atoms with Crippen molar-refractivity contribution in [2.45, 2.75) is 90.0 Å². The van der Waals surface area contributed by atoms with Crippen molar-refractivity contribution in [3.63, 3.8) is 0 Å². The molecule has 48 heavy (non-hydrogen) atoms. The van der Waals surface area contributed by atoms with E-state index < -0.39 is 27.2 Å². The number of hydrogen-bond donors (Lipinski definition) is 2. The minimum absolute atomic E-state index is 0.000906. The number of aromatic nitrogens is 1. The molecule has 0 atom stereocenters. The number of nitrogens with zero attached hydrogens (tertiary/aromatic N) is 1. The van der Waals surface area contributed by atoms with Gasteiger partial charge in [-0.3, -0.25) is 9.52 Å². The number of fused-ring (bicyclic) bond motifs is 1. The van der Waals surface area contributed by atoms with Gasteiger partial charge in [-0.1, -0.05) is 80.5 Å². The van der Waals surface area contributed by atoms with E-state index in [1.807, 2.05) is 0 Å². The number of carbonyl (C=O) groups is 1. The van der Waals surface area contributed by atoms with Gasteiger partial charge in [-0.05, 0) is 94.0 Å². The maximum atomic E-state index is 15.2. The maximum Gasteiger partial charge on any atom is 0.341 e. The average molecular weight is 675 g/mol. The van der Waals surface area contributed by atoms with E-state index in [1.54, 1.807) is 34.9 Å². The van der Waals surface area contributed by atoms with Crippen LogP contribution in [0.15, 0.2) is 96.0 Å². The third-order valence-electron chi connectivity index (χ3n) is 8.25. The monoisotopic (exact) mass is 674 g/mol. The highest BCUT2D eigenvalue weighted by Crippen LogP contribution is 2.38. The summed E-state index contributed by atoms with van der Waals surface area (Å²) in [5, 5.41) is 9.48. The minimum Gasteiger partial charge on any atom is -0.477 e. The molecule has 9 heteroatoms. The average Bonchev–Trinajstić information content (AvgIpc) is 3.90. The number of benzene rings is 2. The van der Waals surface area contributed by atoms with Crippen LogP contribution in [-0.2, 0) is 10.0 Å². The zero-order valence-corrected chi connectivity index (χ0v) is 28.6. The van der Waals surface area contributed by atoms with Crippen molar-refractivity contribution in [3.8, 4) is 11.1 Å². The molecule has 2 aromatic carbocycles. The molecule has 1 aromatic heterocycles. The van der Waals surface area contributed by atoms with Gasteiger partial charge < -0.3 is 9.67 Å². The Labute approximate surface area is 283 Å². The lowest BCUT2D eigenvalue weighted by atomic mass is 10.0. The fourth-order valence-corrected chi connectivity index (χ4v) is 6.64. The van der Waals surface area contributed by atoms with E-state index in [0.717, 1.165) is 51.0 Å². The predicted molar refractivity (Wildman–Crippen MR) is 195 cm³/mol. The number of nitrogens with one attached hydrogen (secondary N) is 1. The molecule has 2 N–H and O–H groups in total. The Hall–Kier alpha value is -4.24. The number of pyridine rings is 1. The quantitative estimate of drug-likeness (QED) is 0.0917. The number of unbranched alkanes of at least 4 members (excludes halogenated alkanes) is 5. The zero-order chi connectivity index (χ0) is 34.4. The van der Waals surface area contributed by atoms with Gasteiger partial charge in [0, 0.05) is 28.9 Å². The zero-order valence-electron chi connectivity index (χ0n) is 27.7. The second-order valence-electron chi connectivity index (χ2n) is 12.2. The summed E-state index contributed by atoms with van der Waals surface area (Å²) >= 11 is 0. The first-order valence-electron chi connectivity index (χ1n) is 17.0. The molecule has 0 bridgehead atoms. The van der Waals surface area contributed by atoms with E-state index in [0.29, 0.717) is 23.2 Å². The van der Waals surface area contributed by atoms with Gasteiger partial charge in [0.2, 0.25) is 15.5 Å². The lowest BCUT2D eigenvalue weighted by Crippen LogP contribution is -2.19. The van der Waals surface area contributed by atoms with Crippen LogP contribution in [0, 0.1) is 5.82 Å². The molecule has 0 saturated heterocycles. The number of carboxylic acids is 1. The van der Waals surface area contributed by atoms with Crippen molar-refractivity contribution in [1.29, 1.82) is 0 Å². The summed E-state index contributed by atoms with van der Waals surface area (Å²) in [5.74, 6) is -2.00. The molecular formula is C39H47FN2O5S. The third kappa shape index (κ3) is 11.2. The first-order valence-corrected chi connectivity index (χ1v) is 18.7. The molecular weight excluding hydrogens is 628 g/mol. The lowest BCUT2D eigenvalue weighted by molar-refractivity contribution is 0.0694. The summed E-state index contributed by atoms with van der Waals surface area (Å²) in [5.41, 5.74) is 0.498. The molecule has 4 rings (SSSR count). The van der Waals surface area contributed by atoms with Gasteiger partial charge in [0.05, 0.1) is 11.3 Å². The SMILES string of the molecule is CCCCC/C=C\C/C=C\C/C=C\C/C=C\CCCCS(=O)(=O)Nc1ccc(-c2cc3c(cc2F)c(=O)c(C(=O)O)cn3C2CC2)cc1. The van der Waals surface area contributed by atoms with E-state index in [9.17, 15) is 23.1 Å². The highest BCUT2D eigenvalue weighted by Gasteiger charge is 2.27. The van der Waals surface area contributed by atoms with Crippen LogP contribution in [-0.4, -0.2) is 29.8 Å². The number of allylic oxidation sites excluding steroid dienone is 8. The van der Waals surface area contributed by atoms with E-state index in [1.165, 1.54) is 31.9 Å². The Kier molecular flexibility index (Phi) is 14.0. The summed E-state index contributed by atoms with van der Waals surface area (Å²) < 4.78 is 44.9. The van der Waals surface area contributed by atoms with Crippen molar-refractivity contribution in [3.05, 3.63) is 113 Å². The summed E-state index contributed by atoms with van der Waals surface area (Å²) in [7, 11) is -3.55. The molecule has 0 amide bonds. The largest absolute Gasteiger partial charge is 0.477 e. The lowest BCUT2D eigenvalue weighted by Gasteiger charge is -2.14. The number of carboxylic acid groups (broad SMARTS) is 1. The molecule has 256 valence electrons. The molecule has 1 heterocycles. The van der Waals surface area contributed by atoms with Crippen LogP contribution >= 0.6 is 0 Å². The molecule has 0 unspecified atom stereocenters. The van der Waals surface area contributed by atoms with E-state index in [4.69, 9.17) is 0 Å². The van der Waals surface area contributed by atoms with Gasteiger partial charge in [-0.2, -0.15) is 0 Å². The second-order valence-corrected chi connectivity index (χ2v) is 14.1. The van der Waals surface area contributed by atoms with Gasteiger partial charge in [-0.15, -0.1) is 0 Å². The third-order valence-corrected chi connectivity index (χ3v) is 9.63. The molecule has 1 fully saturated rings. The summed E-state index contributed by atoms with van der Waals surface area (Å²) in [6, 6.07) is 9.12. The normalized spacial score (nSPS) is 14.0. The summed E-state index contributed by atoms with van der Waals surface area (Å²) in [4.78, 5) is 24.3. The fourth-order valence-electron chi connectivity index (χ4n) is 5.46. The Balaban J connectivity index is 1.21. The number of anilines is 1. The molecule has 3 aromatic rings. The topological polar surface area (TPSA) is 105 Å². The fraction of sp³-hybridized carbons (Fsp3) is 0.385. The van der Waals surface area contributed by atoms with Crippen LogP contribution < -0.4 is 10.2 Å². The standard InChI is InChI=1S/C39H47FN2O5S/c1-2-3-4-5-6-7-8-9-10-11-12-13-14-15-16-17-18-19-26-48(46,47)41-31-22-20-30(21-23-31)33-28-37-34(27-36(33)40)38(43)35(39(44)45)29-42(37)32-24-25-32/h6-7,9-10,12-13,15-16,20-23,27-29,32,41H,2-5,8,11,14,17-19,24-26H2,1H3,(H,44,45)/b7-6-,10-9-,13-12-,16-15-. The first-order chi connectivity index (χ1) is 23.2. The second kappa shape index (κ2) is 18.3.